The van der Waals surface area contributed by atoms with Gasteiger partial charge in [0.25, 0.3) is 5.91 Å². The van der Waals surface area contributed by atoms with Crippen LogP contribution in [-0.2, 0) is 11.2 Å². The lowest BCUT2D eigenvalue weighted by Crippen LogP contribution is -2.42. The molecule has 0 fully saturated rings. The summed E-state index contributed by atoms with van der Waals surface area (Å²) in [5, 5.41) is 0. The first kappa shape index (κ1) is 15.5. The van der Waals surface area contributed by atoms with Crippen LogP contribution in [0.15, 0.2) is 48.5 Å². The van der Waals surface area contributed by atoms with Gasteiger partial charge in [-0.25, -0.2) is 4.98 Å². The van der Waals surface area contributed by atoms with Crippen molar-refractivity contribution in [1.82, 2.24) is 20.8 Å². The van der Waals surface area contributed by atoms with Crippen molar-refractivity contribution in [1.29, 1.82) is 0 Å². The number of hydrazine groups is 1. The predicted molar refractivity (Wildman–Crippen MR) is 88.4 cm³/mol. The molecule has 0 radical (unpaired) electrons. The van der Waals surface area contributed by atoms with E-state index in [2.05, 4.69) is 20.8 Å². The zero-order valence-electron chi connectivity index (χ0n) is 13.0. The summed E-state index contributed by atoms with van der Waals surface area (Å²) in [4.78, 5) is 31.3. The molecular formula is C17H16N4O3. The van der Waals surface area contributed by atoms with Crippen molar-refractivity contribution in [3.05, 3.63) is 59.9 Å². The summed E-state index contributed by atoms with van der Waals surface area (Å²) < 4.78 is 5.06. The van der Waals surface area contributed by atoms with Gasteiger partial charge in [-0.3, -0.25) is 20.4 Å². The third-order valence-corrected chi connectivity index (χ3v) is 3.41. The van der Waals surface area contributed by atoms with Gasteiger partial charge in [0, 0.05) is 5.56 Å². The van der Waals surface area contributed by atoms with Gasteiger partial charge in [0.1, 0.15) is 11.6 Å². The van der Waals surface area contributed by atoms with Crippen LogP contribution in [0, 0.1) is 0 Å². The number of benzene rings is 2. The third-order valence-electron chi connectivity index (χ3n) is 3.41. The van der Waals surface area contributed by atoms with Crippen molar-refractivity contribution < 1.29 is 14.3 Å². The Morgan fingerprint density at radius 1 is 1.12 bits per heavy atom. The van der Waals surface area contributed by atoms with Gasteiger partial charge in [0.2, 0.25) is 5.91 Å². The molecule has 0 unspecified atom stereocenters. The Morgan fingerprint density at radius 2 is 1.96 bits per heavy atom. The molecule has 24 heavy (non-hydrogen) atoms. The topological polar surface area (TPSA) is 96.1 Å². The van der Waals surface area contributed by atoms with Crippen molar-refractivity contribution >= 4 is 22.8 Å². The number of carbonyl (C=O) groups excluding carboxylic acids is 2. The van der Waals surface area contributed by atoms with E-state index in [9.17, 15) is 9.59 Å². The van der Waals surface area contributed by atoms with Crippen LogP contribution in [0.5, 0.6) is 5.75 Å². The van der Waals surface area contributed by atoms with E-state index in [4.69, 9.17) is 4.74 Å². The summed E-state index contributed by atoms with van der Waals surface area (Å²) in [6.45, 7) is 0. The number of carbonyl (C=O) groups is 2. The molecule has 0 spiro atoms. The van der Waals surface area contributed by atoms with Gasteiger partial charge in [0.05, 0.1) is 24.6 Å². The van der Waals surface area contributed by atoms with Crippen LogP contribution in [0.25, 0.3) is 11.0 Å². The Labute approximate surface area is 138 Å². The SMILES string of the molecule is COc1cccc(C(=O)NNC(=O)Cc2nc3ccccc3[nH]2)c1. The molecule has 1 heterocycles. The van der Waals surface area contributed by atoms with Gasteiger partial charge in [-0.1, -0.05) is 18.2 Å². The van der Waals surface area contributed by atoms with Crippen molar-refractivity contribution in [2.75, 3.05) is 7.11 Å². The highest BCUT2D eigenvalue weighted by atomic mass is 16.5. The fourth-order valence-electron chi connectivity index (χ4n) is 2.25. The van der Waals surface area contributed by atoms with E-state index in [1.165, 1.54) is 7.11 Å². The molecule has 0 atom stereocenters. The summed E-state index contributed by atoms with van der Waals surface area (Å²) in [5.41, 5.74) is 6.78. The van der Waals surface area contributed by atoms with Crippen molar-refractivity contribution in [3.63, 3.8) is 0 Å². The average molecular weight is 324 g/mol. The van der Waals surface area contributed by atoms with Gasteiger partial charge in [-0.15, -0.1) is 0 Å². The number of aromatic nitrogens is 2. The van der Waals surface area contributed by atoms with E-state index in [1.54, 1.807) is 24.3 Å². The number of nitrogens with zero attached hydrogens (tertiary/aromatic N) is 1. The number of nitrogens with one attached hydrogen (secondary N) is 3. The van der Waals surface area contributed by atoms with Crippen LogP contribution >= 0.6 is 0 Å². The lowest BCUT2D eigenvalue weighted by molar-refractivity contribution is -0.121. The summed E-state index contributed by atoms with van der Waals surface area (Å²) in [6, 6.07) is 14.1. The normalized spacial score (nSPS) is 10.4. The van der Waals surface area contributed by atoms with Crippen LogP contribution in [0.4, 0.5) is 0 Å². The standard InChI is InChI=1S/C17H16N4O3/c1-24-12-6-4-5-11(9-12)17(23)21-20-16(22)10-15-18-13-7-2-3-8-14(13)19-15/h2-9H,10H2,1H3,(H,18,19)(H,20,22)(H,21,23). The smallest absolute Gasteiger partial charge is 0.269 e. The van der Waals surface area contributed by atoms with Crippen molar-refractivity contribution in [3.8, 4) is 5.75 Å². The first-order chi connectivity index (χ1) is 11.7. The zero-order valence-corrected chi connectivity index (χ0v) is 13.0. The number of hydrogen-bond donors (Lipinski definition) is 3. The van der Waals surface area contributed by atoms with Gasteiger partial charge in [-0.05, 0) is 30.3 Å². The molecule has 0 aliphatic rings. The third kappa shape index (κ3) is 3.52. The number of rotatable bonds is 4. The number of hydrogen-bond acceptors (Lipinski definition) is 4. The molecule has 7 nitrogen and oxygen atoms in total. The predicted octanol–water partition coefficient (Wildman–Crippen LogP) is 1.58. The minimum Gasteiger partial charge on any atom is -0.497 e. The number of methoxy groups -OCH3 is 1. The quantitative estimate of drug-likeness (QED) is 0.635. The Kier molecular flexibility index (Phi) is 4.42. The monoisotopic (exact) mass is 324 g/mol. The summed E-state index contributed by atoms with van der Waals surface area (Å²) in [6.07, 6.45) is 0.0348. The lowest BCUT2D eigenvalue weighted by atomic mass is 10.2. The van der Waals surface area contributed by atoms with Gasteiger partial charge < -0.3 is 9.72 Å². The fraction of sp³-hybridized carbons (Fsp3) is 0.118. The van der Waals surface area contributed by atoms with Crippen LogP contribution in [0.3, 0.4) is 0 Å². The van der Waals surface area contributed by atoms with E-state index < -0.39 is 5.91 Å². The highest BCUT2D eigenvalue weighted by Crippen LogP contribution is 2.12. The number of aromatic amines is 1. The second-order valence-corrected chi connectivity index (χ2v) is 5.11. The molecule has 3 rings (SSSR count). The van der Waals surface area contributed by atoms with Gasteiger partial charge in [0.15, 0.2) is 0 Å². The first-order valence-electron chi connectivity index (χ1n) is 7.32. The highest BCUT2D eigenvalue weighted by Gasteiger charge is 2.11. The minimum atomic E-state index is -0.424. The molecule has 3 aromatic rings. The Hall–Kier alpha value is -3.35. The van der Waals surface area contributed by atoms with Crippen molar-refractivity contribution in [2.45, 2.75) is 6.42 Å². The largest absolute Gasteiger partial charge is 0.497 e. The number of para-hydroxylation sites is 2. The van der Waals surface area contributed by atoms with Crippen LogP contribution < -0.4 is 15.6 Å². The van der Waals surface area contributed by atoms with Crippen molar-refractivity contribution in [2.24, 2.45) is 0 Å². The Balaban J connectivity index is 1.57. The minimum absolute atomic E-state index is 0.0348. The van der Waals surface area contributed by atoms with Crippen LogP contribution in [0.1, 0.15) is 16.2 Å². The molecule has 0 aliphatic carbocycles. The number of imidazole rings is 1. The number of H-pyrrole nitrogens is 1. The molecule has 1 aromatic heterocycles. The maximum Gasteiger partial charge on any atom is 0.269 e. The van der Waals surface area contributed by atoms with Crippen LogP contribution in [0.2, 0.25) is 0 Å². The number of ether oxygens (including phenoxy) is 1. The molecule has 0 saturated heterocycles. The van der Waals surface area contributed by atoms with E-state index in [1.807, 2.05) is 24.3 Å². The molecule has 3 N–H and O–H groups in total. The maximum absolute atomic E-state index is 12.0. The lowest BCUT2D eigenvalue weighted by Gasteiger charge is -2.07. The Morgan fingerprint density at radius 3 is 2.75 bits per heavy atom. The number of amides is 2. The van der Waals surface area contributed by atoms with E-state index in [0.29, 0.717) is 17.1 Å². The van der Waals surface area contributed by atoms with Gasteiger partial charge in [-0.2, -0.15) is 0 Å². The molecule has 122 valence electrons. The second kappa shape index (κ2) is 6.82. The highest BCUT2D eigenvalue weighted by molar-refractivity contribution is 5.95. The fourth-order valence-corrected chi connectivity index (χ4v) is 2.25. The maximum atomic E-state index is 12.0. The molecule has 0 bridgehead atoms. The first-order valence-corrected chi connectivity index (χ1v) is 7.32. The number of fused-ring (bicyclic) bond motifs is 1. The van der Waals surface area contributed by atoms with E-state index in [0.717, 1.165) is 11.0 Å². The molecular weight excluding hydrogens is 308 g/mol. The molecule has 7 heteroatoms. The zero-order chi connectivity index (χ0) is 16.9. The second-order valence-electron chi connectivity index (χ2n) is 5.11. The van der Waals surface area contributed by atoms with E-state index in [-0.39, 0.29) is 12.3 Å². The molecule has 0 aliphatic heterocycles. The Bertz CT molecular complexity index is 855. The van der Waals surface area contributed by atoms with Crippen LogP contribution in [-0.4, -0.2) is 28.9 Å². The summed E-state index contributed by atoms with van der Waals surface area (Å²) in [7, 11) is 1.52. The summed E-state index contributed by atoms with van der Waals surface area (Å²) >= 11 is 0. The molecule has 2 aromatic carbocycles. The molecule has 2 amide bonds. The van der Waals surface area contributed by atoms with Gasteiger partial charge >= 0.3 is 0 Å². The molecule has 0 saturated carbocycles. The average Bonchev–Trinajstić information content (AvgIpc) is 3.01. The summed E-state index contributed by atoms with van der Waals surface area (Å²) in [5.74, 6) is 0.303. The van der Waals surface area contributed by atoms with E-state index >= 15 is 0 Å².